The van der Waals surface area contributed by atoms with E-state index in [2.05, 4.69) is 20.7 Å². The lowest BCUT2D eigenvalue weighted by molar-refractivity contribution is -0.124. The number of rotatable bonds is 5. The molecule has 1 spiro atoms. The summed E-state index contributed by atoms with van der Waals surface area (Å²) in [7, 11) is 0. The van der Waals surface area contributed by atoms with E-state index in [0.717, 1.165) is 58.5 Å². The maximum atomic E-state index is 16.8. The Hall–Kier alpha value is -4.07. The number of phenols is 1. The number of hydrogen-bond acceptors (Lipinski definition) is 7. The summed E-state index contributed by atoms with van der Waals surface area (Å²) < 4.78 is 57.8. The minimum atomic E-state index is -0.909. The molecule has 0 bridgehead atoms. The van der Waals surface area contributed by atoms with Crippen LogP contribution in [0, 0.1) is 29.4 Å². The average molecular weight is 615 g/mol. The van der Waals surface area contributed by atoms with Gasteiger partial charge in [0, 0.05) is 47.8 Å². The van der Waals surface area contributed by atoms with E-state index in [4.69, 9.17) is 20.9 Å². The van der Waals surface area contributed by atoms with Crippen molar-refractivity contribution < 1.29 is 27.8 Å². The van der Waals surface area contributed by atoms with Crippen LogP contribution >= 0.6 is 0 Å². The van der Waals surface area contributed by atoms with Crippen molar-refractivity contribution in [1.82, 2.24) is 14.9 Å². The van der Waals surface area contributed by atoms with Crippen LogP contribution in [0.1, 0.15) is 37.7 Å². The summed E-state index contributed by atoms with van der Waals surface area (Å²) in [5.74, 6) is 1.59. The first-order chi connectivity index (χ1) is 21.8. The molecule has 0 aliphatic carbocycles. The minimum Gasteiger partial charge on any atom is -0.508 e. The quantitative estimate of drug-likeness (QED) is 0.277. The van der Waals surface area contributed by atoms with Crippen LogP contribution < -0.4 is 9.64 Å². The summed E-state index contributed by atoms with van der Waals surface area (Å²) in [5.41, 5.74) is 0.168. The van der Waals surface area contributed by atoms with Crippen molar-refractivity contribution in [1.29, 1.82) is 0 Å². The van der Waals surface area contributed by atoms with Crippen LogP contribution in [-0.2, 0) is 4.74 Å². The Kier molecular flexibility index (Phi) is 6.63. The number of benzene rings is 3. The molecule has 4 saturated heterocycles. The number of phenolic OH excluding ortho intramolecular Hbond substituents is 1. The number of aromatic hydroxyl groups is 1. The molecule has 4 aliphatic heterocycles. The molecule has 4 aliphatic rings. The highest BCUT2D eigenvalue weighted by Gasteiger charge is 2.49. The van der Waals surface area contributed by atoms with Crippen molar-refractivity contribution in [2.75, 3.05) is 50.9 Å². The van der Waals surface area contributed by atoms with E-state index < -0.39 is 23.3 Å². The summed E-state index contributed by atoms with van der Waals surface area (Å²) >= 11 is 0. The topological polar surface area (TPSA) is 71.0 Å². The van der Waals surface area contributed by atoms with Gasteiger partial charge in [0.2, 0.25) is 0 Å². The number of piperidine rings is 1. The van der Waals surface area contributed by atoms with Gasteiger partial charge in [-0.1, -0.05) is 18.1 Å². The molecule has 4 aromatic rings. The number of aromatic nitrogens is 2. The second-order valence-corrected chi connectivity index (χ2v) is 13.2. The molecule has 45 heavy (non-hydrogen) atoms. The van der Waals surface area contributed by atoms with Crippen molar-refractivity contribution in [3.05, 3.63) is 53.6 Å². The van der Waals surface area contributed by atoms with Crippen molar-refractivity contribution in [2.24, 2.45) is 5.41 Å². The number of anilines is 1. The van der Waals surface area contributed by atoms with Gasteiger partial charge in [0.25, 0.3) is 0 Å². The van der Waals surface area contributed by atoms with E-state index in [1.807, 2.05) is 0 Å². The Labute approximate surface area is 259 Å². The zero-order valence-corrected chi connectivity index (χ0v) is 24.8. The van der Waals surface area contributed by atoms with Gasteiger partial charge in [-0.3, -0.25) is 4.90 Å². The van der Waals surface area contributed by atoms with E-state index in [-0.39, 0.29) is 46.0 Å². The standard InChI is InChI=1S/C35H33F3N4O3/c1-2-24-28(37)7-4-21-14-23(43)15-27(29(21)24)25-5-6-26-31(30(25)38)39-33(45-20-35-8-3-11-42(35)17-22(36)16-35)40-32(26)41-12-9-34(10-13-41)18-44-19-34/h1,4-7,14-15,22,43H,3,8-13,16-20H2/t22-,35+/m1/s1. The third-order valence-corrected chi connectivity index (χ3v) is 10.4. The smallest absolute Gasteiger partial charge is 0.319 e. The van der Waals surface area contributed by atoms with Crippen LogP contribution in [0.5, 0.6) is 11.8 Å². The molecule has 5 heterocycles. The predicted molar refractivity (Wildman–Crippen MR) is 165 cm³/mol. The lowest BCUT2D eigenvalue weighted by atomic mass is 9.77. The monoisotopic (exact) mass is 614 g/mol. The van der Waals surface area contributed by atoms with Crippen molar-refractivity contribution >= 4 is 27.5 Å². The summed E-state index contributed by atoms with van der Waals surface area (Å²) in [5, 5.41) is 11.9. The first-order valence-electron chi connectivity index (χ1n) is 15.6. The second-order valence-electron chi connectivity index (χ2n) is 13.2. The molecule has 0 amide bonds. The van der Waals surface area contributed by atoms with Crippen LogP contribution in [0.25, 0.3) is 32.8 Å². The maximum Gasteiger partial charge on any atom is 0.319 e. The molecule has 0 unspecified atom stereocenters. The first-order valence-corrected chi connectivity index (χ1v) is 15.6. The van der Waals surface area contributed by atoms with E-state index in [1.165, 1.54) is 24.3 Å². The molecule has 10 heteroatoms. The van der Waals surface area contributed by atoms with E-state index in [0.29, 0.717) is 34.9 Å². The average Bonchev–Trinajstić information content (AvgIpc) is 3.55. The molecule has 1 N–H and O–H groups in total. The van der Waals surface area contributed by atoms with Gasteiger partial charge in [-0.25, -0.2) is 13.2 Å². The second kappa shape index (κ2) is 10.5. The van der Waals surface area contributed by atoms with Gasteiger partial charge >= 0.3 is 6.01 Å². The van der Waals surface area contributed by atoms with Crippen molar-refractivity contribution in [3.8, 4) is 35.2 Å². The van der Waals surface area contributed by atoms with Crippen LogP contribution in [0.4, 0.5) is 19.0 Å². The molecule has 2 atom stereocenters. The SMILES string of the molecule is C#Cc1c(F)ccc2cc(O)cc(-c3ccc4c(N5CCC6(CC5)COC6)nc(OC[C@@]56CCCN5C[C@H](F)C6)nc4c3F)c12. The van der Waals surface area contributed by atoms with Gasteiger partial charge < -0.3 is 19.5 Å². The number of nitrogens with zero attached hydrogens (tertiary/aromatic N) is 4. The molecule has 1 aromatic heterocycles. The minimum absolute atomic E-state index is 0.0141. The fourth-order valence-electron chi connectivity index (χ4n) is 7.94. The molecule has 3 aromatic carbocycles. The molecule has 4 fully saturated rings. The third-order valence-electron chi connectivity index (χ3n) is 10.4. The van der Waals surface area contributed by atoms with Crippen LogP contribution in [0.2, 0.25) is 0 Å². The number of terminal acetylenes is 1. The Balaban J connectivity index is 1.25. The predicted octanol–water partition coefficient (Wildman–Crippen LogP) is 5.99. The molecule has 0 saturated carbocycles. The van der Waals surface area contributed by atoms with Gasteiger partial charge in [0.15, 0.2) is 5.82 Å². The highest BCUT2D eigenvalue weighted by molar-refractivity contribution is 6.04. The van der Waals surface area contributed by atoms with Crippen LogP contribution in [-0.4, -0.2) is 77.7 Å². The number of halogens is 3. The van der Waals surface area contributed by atoms with E-state index in [1.54, 1.807) is 12.1 Å². The Bertz CT molecular complexity index is 1880. The van der Waals surface area contributed by atoms with Gasteiger partial charge in [0.05, 0.1) is 24.3 Å². The number of alkyl halides is 1. The fourth-order valence-corrected chi connectivity index (χ4v) is 7.94. The largest absolute Gasteiger partial charge is 0.508 e. The van der Waals surface area contributed by atoms with Gasteiger partial charge in [-0.05, 0) is 67.4 Å². The summed E-state index contributed by atoms with van der Waals surface area (Å²) in [6.45, 7) is 4.38. The van der Waals surface area contributed by atoms with Crippen LogP contribution in [0.15, 0.2) is 36.4 Å². The zero-order chi connectivity index (χ0) is 30.9. The molecule has 7 nitrogen and oxygen atoms in total. The Morgan fingerprint density at radius 2 is 1.87 bits per heavy atom. The number of fused-ring (bicyclic) bond motifs is 3. The number of hydrogen-bond donors (Lipinski definition) is 1. The normalized spacial score (nSPS) is 24.2. The van der Waals surface area contributed by atoms with Crippen molar-refractivity contribution in [3.63, 3.8) is 0 Å². The van der Waals surface area contributed by atoms with Gasteiger partial charge in [-0.2, -0.15) is 9.97 Å². The molecular formula is C35H33F3N4O3. The first kappa shape index (κ1) is 28.4. The Morgan fingerprint density at radius 3 is 2.62 bits per heavy atom. The third kappa shape index (κ3) is 4.59. The van der Waals surface area contributed by atoms with E-state index in [9.17, 15) is 13.9 Å². The Morgan fingerprint density at radius 1 is 1.04 bits per heavy atom. The molecule has 232 valence electrons. The lowest BCUT2D eigenvalue weighted by Crippen LogP contribution is -2.51. The summed E-state index contributed by atoms with van der Waals surface area (Å²) in [6.07, 6.45) is 8.82. The maximum absolute atomic E-state index is 16.8. The van der Waals surface area contributed by atoms with E-state index >= 15 is 4.39 Å². The van der Waals surface area contributed by atoms with Crippen molar-refractivity contribution in [2.45, 2.75) is 43.8 Å². The summed E-state index contributed by atoms with van der Waals surface area (Å²) in [4.78, 5) is 13.7. The molecule has 8 rings (SSSR count). The fraction of sp³-hybridized carbons (Fsp3) is 0.429. The molecule has 0 radical (unpaired) electrons. The number of ether oxygens (including phenoxy) is 2. The molecular weight excluding hydrogens is 581 g/mol. The highest BCUT2D eigenvalue weighted by atomic mass is 19.1. The zero-order valence-electron chi connectivity index (χ0n) is 24.8. The summed E-state index contributed by atoms with van der Waals surface area (Å²) in [6, 6.07) is 8.99. The van der Waals surface area contributed by atoms with Gasteiger partial charge in [0.1, 0.15) is 35.7 Å². The highest BCUT2D eigenvalue weighted by Crippen LogP contribution is 2.44. The lowest BCUT2D eigenvalue weighted by Gasteiger charge is -2.47. The van der Waals surface area contributed by atoms with Gasteiger partial charge in [-0.15, -0.1) is 6.42 Å². The van der Waals surface area contributed by atoms with Crippen LogP contribution in [0.3, 0.4) is 0 Å².